The fraction of sp³-hybridized carbons (Fsp3) is 0.875. The first kappa shape index (κ1) is 23.7. The maximum absolute atomic E-state index is 11.8. The first-order valence-electron chi connectivity index (χ1n) is 8.61. The van der Waals surface area contributed by atoms with Gasteiger partial charge < -0.3 is 45.3 Å². The fourth-order valence-corrected chi connectivity index (χ4v) is 2.38. The fourth-order valence-electron chi connectivity index (χ4n) is 2.38. The van der Waals surface area contributed by atoms with Crippen molar-refractivity contribution in [1.29, 1.82) is 0 Å². The molecule has 158 valence electrons. The lowest BCUT2D eigenvalue weighted by molar-refractivity contribution is -0.254. The maximum atomic E-state index is 11.8. The number of hydrogen-bond acceptors (Lipinski definition) is 9. The van der Waals surface area contributed by atoms with Gasteiger partial charge in [-0.25, -0.2) is 0 Å². The van der Waals surface area contributed by atoms with Gasteiger partial charge in [0.15, 0.2) is 6.29 Å². The topological polar surface area (TPSA) is 167 Å². The predicted molar refractivity (Wildman–Crippen MR) is 91.4 cm³/mol. The summed E-state index contributed by atoms with van der Waals surface area (Å²) in [6, 6.07) is -1.27. The van der Waals surface area contributed by atoms with Crippen LogP contribution in [0.15, 0.2) is 0 Å². The van der Waals surface area contributed by atoms with Crippen LogP contribution in [0.4, 0.5) is 0 Å². The van der Waals surface area contributed by atoms with Gasteiger partial charge in [-0.3, -0.25) is 9.59 Å². The zero-order valence-corrected chi connectivity index (χ0v) is 15.8. The maximum Gasteiger partial charge on any atom is 0.246 e. The zero-order valence-electron chi connectivity index (χ0n) is 15.8. The average Bonchev–Trinajstić information content (AvgIpc) is 2.56. The summed E-state index contributed by atoms with van der Waals surface area (Å²) in [7, 11) is 0. The molecule has 11 nitrogen and oxygen atoms in total. The molecule has 1 saturated heterocycles. The normalized spacial score (nSPS) is 28.6. The average molecular weight is 394 g/mol. The van der Waals surface area contributed by atoms with E-state index in [2.05, 4.69) is 10.6 Å². The monoisotopic (exact) mass is 394 g/mol. The number of carbonyl (C=O) groups excluding carboxylic acids is 2. The van der Waals surface area contributed by atoms with E-state index >= 15 is 0 Å². The van der Waals surface area contributed by atoms with Crippen LogP contribution in [-0.4, -0.2) is 101 Å². The Labute approximate surface area is 157 Å². The van der Waals surface area contributed by atoms with Crippen LogP contribution in [0.1, 0.15) is 20.8 Å². The second kappa shape index (κ2) is 10.9. The van der Waals surface area contributed by atoms with Gasteiger partial charge in [0.25, 0.3) is 0 Å². The molecule has 0 saturated carbocycles. The molecule has 1 aliphatic rings. The number of nitrogens with one attached hydrogen (secondary N) is 2. The molecular formula is C16H30N2O9. The van der Waals surface area contributed by atoms with Crippen molar-refractivity contribution in [2.45, 2.75) is 57.0 Å². The molecule has 27 heavy (non-hydrogen) atoms. The van der Waals surface area contributed by atoms with Gasteiger partial charge in [0, 0.05) is 5.54 Å². The van der Waals surface area contributed by atoms with Crippen LogP contribution >= 0.6 is 0 Å². The minimum Gasteiger partial charge on any atom is -0.394 e. The third-order valence-corrected chi connectivity index (χ3v) is 3.58. The highest BCUT2D eigenvalue weighted by atomic mass is 16.6. The molecule has 0 radical (unpaired) electrons. The minimum absolute atomic E-state index is 0.0533. The van der Waals surface area contributed by atoms with Crippen LogP contribution < -0.4 is 10.6 Å². The van der Waals surface area contributed by atoms with Crippen molar-refractivity contribution >= 4 is 11.8 Å². The van der Waals surface area contributed by atoms with E-state index in [4.69, 9.17) is 19.3 Å². The van der Waals surface area contributed by atoms with Gasteiger partial charge in [0.1, 0.15) is 37.6 Å². The van der Waals surface area contributed by atoms with E-state index in [0.717, 1.165) is 0 Å². The van der Waals surface area contributed by atoms with Gasteiger partial charge in [0.05, 0.1) is 19.8 Å². The van der Waals surface area contributed by atoms with Crippen LogP contribution in [0.2, 0.25) is 0 Å². The number of rotatable bonds is 9. The second-order valence-electron chi connectivity index (χ2n) is 7.23. The zero-order chi connectivity index (χ0) is 20.6. The molecule has 1 rings (SSSR count). The third kappa shape index (κ3) is 8.47. The Hall–Kier alpha value is -1.34. The quantitative estimate of drug-likeness (QED) is 0.221. The molecule has 11 heteroatoms. The molecule has 2 amide bonds. The number of aliphatic hydroxyl groups excluding tert-OH is 4. The van der Waals surface area contributed by atoms with E-state index in [0.29, 0.717) is 0 Å². The number of aliphatic hydroxyl groups is 4. The molecule has 0 aromatic heterocycles. The lowest BCUT2D eigenvalue weighted by Gasteiger charge is -2.40. The van der Waals surface area contributed by atoms with Gasteiger partial charge in [0.2, 0.25) is 11.8 Å². The largest absolute Gasteiger partial charge is 0.394 e. The third-order valence-electron chi connectivity index (χ3n) is 3.58. The van der Waals surface area contributed by atoms with Crippen molar-refractivity contribution in [3.8, 4) is 0 Å². The van der Waals surface area contributed by atoms with Crippen LogP contribution in [0.3, 0.4) is 0 Å². The number of hydrogen-bond donors (Lipinski definition) is 6. The number of ether oxygens (including phenoxy) is 3. The highest BCUT2D eigenvalue weighted by molar-refractivity contribution is 5.78. The minimum atomic E-state index is -1.59. The smallest absolute Gasteiger partial charge is 0.246 e. The van der Waals surface area contributed by atoms with Crippen molar-refractivity contribution in [1.82, 2.24) is 10.6 Å². The second-order valence-corrected chi connectivity index (χ2v) is 7.23. The summed E-state index contributed by atoms with van der Waals surface area (Å²) < 4.78 is 15.1. The van der Waals surface area contributed by atoms with Crippen LogP contribution in [-0.2, 0) is 23.8 Å². The summed E-state index contributed by atoms with van der Waals surface area (Å²) in [5, 5.41) is 43.4. The molecule has 0 bridgehead atoms. The number of carbonyl (C=O) groups is 2. The molecule has 0 aromatic rings. The first-order valence-corrected chi connectivity index (χ1v) is 8.61. The summed E-state index contributed by atoms with van der Waals surface area (Å²) in [5.74, 6) is -0.915. The molecule has 0 spiro atoms. The molecule has 0 aromatic carbocycles. The SMILES string of the molecule is CC(C)(C)NC(=O)COCCOCC(=O)N[C@@H]1C(O)O[C@@H](CO)[C@@H](O)[C@H]1O. The van der Waals surface area contributed by atoms with Gasteiger partial charge in [-0.2, -0.15) is 0 Å². The van der Waals surface area contributed by atoms with Gasteiger partial charge in [-0.05, 0) is 20.8 Å². The molecule has 0 aliphatic carbocycles. The first-order chi connectivity index (χ1) is 12.5. The highest BCUT2D eigenvalue weighted by Gasteiger charge is 2.44. The van der Waals surface area contributed by atoms with Crippen molar-refractivity contribution in [2.24, 2.45) is 0 Å². The lowest BCUT2D eigenvalue weighted by Crippen LogP contribution is -2.64. The Bertz CT molecular complexity index is 483. The molecule has 1 aliphatic heterocycles. The summed E-state index contributed by atoms with van der Waals surface area (Å²) in [6.07, 6.45) is -5.71. The molecule has 1 unspecified atom stereocenters. The van der Waals surface area contributed by atoms with Crippen LogP contribution in [0, 0.1) is 0 Å². The van der Waals surface area contributed by atoms with Gasteiger partial charge in [-0.15, -0.1) is 0 Å². The molecule has 5 atom stereocenters. The van der Waals surface area contributed by atoms with Gasteiger partial charge >= 0.3 is 0 Å². The highest BCUT2D eigenvalue weighted by Crippen LogP contribution is 2.19. The Morgan fingerprint density at radius 2 is 1.56 bits per heavy atom. The molecular weight excluding hydrogens is 364 g/mol. The van der Waals surface area contributed by atoms with E-state index in [-0.39, 0.29) is 37.9 Å². The van der Waals surface area contributed by atoms with Crippen molar-refractivity contribution < 1.29 is 44.2 Å². The lowest BCUT2D eigenvalue weighted by atomic mass is 9.97. The number of amides is 2. The van der Waals surface area contributed by atoms with E-state index in [9.17, 15) is 24.9 Å². The summed E-state index contributed by atoms with van der Waals surface area (Å²) in [4.78, 5) is 23.3. The Balaban J connectivity index is 2.21. The molecule has 6 N–H and O–H groups in total. The standard InChI is InChI=1S/C16H30N2O9/c1-16(2,3)18-11(21)8-26-5-4-25-7-10(20)17-12-14(23)13(22)9(6-19)27-15(12)24/h9,12-15,19,22-24H,4-8H2,1-3H3,(H,17,20)(H,18,21)/t9-,12-,13+,14-,15?/m0/s1. The van der Waals surface area contributed by atoms with E-state index < -0.39 is 43.2 Å². The van der Waals surface area contributed by atoms with Crippen molar-refractivity contribution in [2.75, 3.05) is 33.0 Å². The summed E-state index contributed by atoms with van der Waals surface area (Å²) >= 11 is 0. The van der Waals surface area contributed by atoms with E-state index in [1.807, 2.05) is 20.8 Å². The molecule has 1 fully saturated rings. The Morgan fingerprint density at radius 1 is 1.00 bits per heavy atom. The van der Waals surface area contributed by atoms with E-state index in [1.165, 1.54) is 0 Å². The van der Waals surface area contributed by atoms with Gasteiger partial charge in [-0.1, -0.05) is 0 Å². The predicted octanol–water partition coefficient (Wildman–Crippen LogP) is -3.15. The Morgan fingerprint density at radius 3 is 2.07 bits per heavy atom. The van der Waals surface area contributed by atoms with E-state index in [1.54, 1.807) is 0 Å². The summed E-state index contributed by atoms with van der Waals surface area (Å²) in [6.45, 7) is 4.59. The summed E-state index contributed by atoms with van der Waals surface area (Å²) in [5.41, 5.74) is -0.349. The van der Waals surface area contributed by atoms with Crippen LogP contribution in [0.25, 0.3) is 0 Å². The van der Waals surface area contributed by atoms with Crippen molar-refractivity contribution in [3.63, 3.8) is 0 Å². The van der Waals surface area contributed by atoms with Crippen LogP contribution in [0.5, 0.6) is 0 Å². The molecule has 1 heterocycles. The van der Waals surface area contributed by atoms with Crippen molar-refractivity contribution in [3.05, 3.63) is 0 Å². The Kier molecular flexibility index (Phi) is 9.53.